The fourth-order valence-electron chi connectivity index (χ4n) is 4.57. The summed E-state index contributed by atoms with van der Waals surface area (Å²) in [6, 6.07) is 10.2. The van der Waals surface area contributed by atoms with Crippen molar-refractivity contribution in [3.8, 4) is 0 Å². The quantitative estimate of drug-likeness (QED) is 0.855. The molecule has 3 aliphatic heterocycles. The number of rotatable bonds is 5. The molecule has 4 rings (SSSR count). The molecule has 6 heteroatoms. The first kappa shape index (κ1) is 18.2. The van der Waals surface area contributed by atoms with Crippen molar-refractivity contribution in [2.75, 3.05) is 32.7 Å². The molecule has 1 aromatic carbocycles. The molecule has 0 radical (unpaired) electrons. The maximum absolute atomic E-state index is 13.0. The smallest absolute Gasteiger partial charge is 0.310 e. The maximum atomic E-state index is 13.0. The van der Waals surface area contributed by atoms with Crippen LogP contribution in [0, 0.1) is 11.8 Å². The molecule has 2 bridgehead atoms. The van der Waals surface area contributed by atoms with Crippen LogP contribution in [0.2, 0.25) is 0 Å². The molecule has 6 nitrogen and oxygen atoms in total. The lowest BCUT2D eigenvalue weighted by atomic mass is 9.78. The molecule has 1 N–H and O–H groups in total. The molecule has 1 amide bonds. The van der Waals surface area contributed by atoms with Crippen molar-refractivity contribution in [3.63, 3.8) is 0 Å². The lowest BCUT2D eigenvalue weighted by Gasteiger charge is -2.37. The Labute approximate surface area is 159 Å². The third-order valence-electron chi connectivity index (χ3n) is 6.00. The zero-order valence-corrected chi connectivity index (χ0v) is 15.4. The highest BCUT2D eigenvalue weighted by molar-refractivity contribution is 5.86. The molecule has 4 atom stereocenters. The Kier molecular flexibility index (Phi) is 5.27. The van der Waals surface area contributed by atoms with Crippen LogP contribution in [-0.4, -0.2) is 71.7 Å². The molecule has 0 unspecified atom stereocenters. The Balaban J connectivity index is 1.29. The van der Waals surface area contributed by atoms with E-state index in [2.05, 4.69) is 29.2 Å². The molecule has 1 aromatic rings. The van der Waals surface area contributed by atoms with Crippen LogP contribution in [0.4, 0.5) is 0 Å². The van der Waals surface area contributed by atoms with Gasteiger partial charge in [0.2, 0.25) is 5.91 Å². The number of amides is 1. The Bertz CT molecular complexity index is 712. The number of ether oxygens (including phenoxy) is 1. The Morgan fingerprint density at radius 2 is 1.70 bits per heavy atom. The van der Waals surface area contributed by atoms with Crippen molar-refractivity contribution >= 4 is 18.0 Å². The van der Waals surface area contributed by atoms with Gasteiger partial charge < -0.3 is 14.7 Å². The van der Waals surface area contributed by atoms with Gasteiger partial charge in [-0.05, 0) is 18.4 Å². The molecule has 3 aliphatic rings. The van der Waals surface area contributed by atoms with E-state index in [1.54, 1.807) is 0 Å². The van der Waals surface area contributed by atoms with E-state index in [9.17, 15) is 14.7 Å². The van der Waals surface area contributed by atoms with Crippen LogP contribution in [0.3, 0.4) is 0 Å². The molecule has 0 saturated carbocycles. The largest absolute Gasteiger partial charge is 0.481 e. The maximum Gasteiger partial charge on any atom is 0.310 e. The molecule has 3 saturated heterocycles. The normalized spacial score (nSPS) is 30.9. The van der Waals surface area contributed by atoms with Crippen molar-refractivity contribution in [1.29, 1.82) is 0 Å². The van der Waals surface area contributed by atoms with Gasteiger partial charge in [0, 0.05) is 32.7 Å². The SMILES string of the molecule is O=C(O)[C@@H]1[C@H](C(=O)N2CCN(C/C=C/c3ccccc3)CC2)[C@H]2CC[C@H]1O2. The van der Waals surface area contributed by atoms with Gasteiger partial charge in [-0.3, -0.25) is 14.5 Å². The second-order valence-electron chi connectivity index (χ2n) is 7.62. The molecule has 0 aliphatic carbocycles. The highest BCUT2D eigenvalue weighted by Gasteiger charge is 2.56. The van der Waals surface area contributed by atoms with Crippen molar-refractivity contribution in [3.05, 3.63) is 42.0 Å². The van der Waals surface area contributed by atoms with Crippen LogP contribution in [-0.2, 0) is 14.3 Å². The van der Waals surface area contributed by atoms with E-state index in [1.807, 2.05) is 23.1 Å². The molecule has 0 spiro atoms. The summed E-state index contributed by atoms with van der Waals surface area (Å²) in [5.74, 6) is -2.12. The van der Waals surface area contributed by atoms with E-state index < -0.39 is 17.8 Å². The fraction of sp³-hybridized carbons (Fsp3) is 0.524. The van der Waals surface area contributed by atoms with Gasteiger partial charge in [-0.1, -0.05) is 42.5 Å². The zero-order valence-electron chi connectivity index (χ0n) is 15.4. The summed E-state index contributed by atoms with van der Waals surface area (Å²) in [5.41, 5.74) is 1.18. The third-order valence-corrected chi connectivity index (χ3v) is 6.00. The third kappa shape index (κ3) is 3.77. The van der Waals surface area contributed by atoms with Gasteiger partial charge in [-0.25, -0.2) is 0 Å². The average Bonchev–Trinajstić information content (AvgIpc) is 3.30. The number of carboxylic acids is 1. The van der Waals surface area contributed by atoms with E-state index in [0.717, 1.165) is 32.5 Å². The Morgan fingerprint density at radius 3 is 2.37 bits per heavy atom. The van der Waals surface area contributed by atoms with E-state index in [4.69, 9.17) is 4.74 Å². The number of piperazine rings is 1. The number of nitrogens with zero attached hydrogens (tertiary/aromatic N) is 2. The number of hydrogen-bond acceptors (Lipinski definition) is 4. The first-order valence-corrected chi connectivity index (χ1v) is 9.74. The van der Waals surface area contributed by atoms with Gasteiger partial charge in [0.25, 0.3) is 0 Å². The number of benzene rings is 1. The molecular formula is C21H26N2O4. The van der Waals surface area contributed by atoms with Gasteiger partial charge in [-0.15, -0.1) is 0 Å². The molecular weight excluding hydrogens is 344 g/mol. The standard InChI is InChI=1S/C21H26N2O4/c24-20(18-16-8-9-17(27-16)19(18)21(25)26)23-13-11-22(12-14-23)10-4-7-15-5-2-1-3-6-15/h1-7,16-19H,8-14H2,(H,25,26)/b7-4+/t16-,17-,18-,19+/m1/s1. The van der Waals surface area contributed by atoms with Crippen molar-refractivity contribution in [1.82, 2.24) is 9.80 Å². The summed E-state index contributed by atoms with van der Waals surface area (Å²) >= 11 is 0. The van der Waals surface area contributed by atoms with Crippen LogP contribution in [0.15, 0.2) is 36.4 Å². The van der Waals surface area contributed by atoms with Gasteiger partial charge >= 0.3 is 5.97 Å². The Morgan fingerprint density at radius 1 is 1.04 bits per heavy atom. The number of carboxylic acid groups (broad SMARTS) is 1. The van der Waals surface area contributed by atoms with Gasteiger partial charge in [0.1, 0.15) is 0 Å². The van der Waals surface area contributed by atoms with Crippen LogP contribution >= 0.6 is 0 Å². The molecule has 3 fully saturated rings. The molecule has 3 heterocycles. The first-order valence-electron chi connectivity index (χ1n) is 9.74. The molecule has 0 aromatic heterocycles. The molecule has 144 valence electrons. The van der Waals surface area contributed by atoms with E-state index >= 15 is 0 Å². The summed E-state index contributed by atoms with van der Waals surface area (Å²) in [6.45, 7) is 3.77. The predicted octanol–water partition coefficient (Wildman–Crippen LogP) is 1.72. The van der Waals surface area contributed by atoms with Crippen molar-refractivity contribution in [2.45, 2.75) is 25.0 Å². The monoisotopic (exact) mass is 370 g/mol. The highest BCUT2D eigenvalue weighted by atomic mass is 16.5. The van der Waals surface area contributed by atoms with Crippen LogP contribution in [0.1, 0.15) is 18.4 Å². The molecule has 27 heavy (non-hydrogen) atoms. The second-order valence-corrected chi connectivity index (χ2v) is 7.62. The van der Waals surface area contributed by atoms with Crippen LogP contribution in [0.5, 0.6) is 0 Å². The number of aliphatic carboxylic acids is 1. The number of carbonyl (C=O) groups excluding carboxylic acids is 1. The van der Waals surface area contributed by atoms with Crippen molar-refractivity contribution < 1.29 is 19.4 Å². The average molecular weight is 370 g/mol. The summed E-state index contributed by atoms with van der Waals surface area (Å²) in [6.07, 6.45) is 5.32. The minimum Gasteiger partial charge on any atom is -0.481 e. The topological polar surface area (TPSA) is 70.1 Å². The highest BCUT2D eigenvalue weighted by Crippen LogP contribution is 2.44. The summed E-state index contributed by atoms with van der Waals surface area (Å²) in [5, 5.41) is 9.52. The number of fused-ring (bicyclic) bond motifs is 2. The number of carbonyl (C=O) groups is 2. The predicted molar refractivity (Wildman–Crippen MR) is 101 cm³/mol. The van der Waals surface area contributed by atoms with Gasteiger partial charge in [-0.2, -0.15) is 0 Å². The lowest BCUT2D eigenvalue weighted by molar-refractivity contribution is -0.151. The van der Waals surface area contributed by atoms with Crippen LogP contribution < -0.4 is 0 Å². The first-order chi connectivity index (χ1) is 13.1. The minimum atomic E-state index is -0.898. The fourth-order valence-corrected chi connectivity index (χ4v) is 4.57. The number of hydrogen-bond donors (Lipinski definition) is 1. The van der Waals surface area contributed by atoms with E-state index in [0.29, 0.717) is 13.1 Å². The summed E-state index contributed by atoms with van der Waals surface area (Å²) in [7, 11) is 0. The van der Waals surface area contributed by atoms with E-state index in [-0.39, 0.29) is 18.1 Å². The van der Waals surface area contributed by atoms with E-state index in [1.165, 1.54) is 5.56 Å². The lowest BCUT2D eigenvalue weighted by Crippen LogP contribution is -2.53. The zero-order chi connectivity index (χ0) is 18.8. The van der Waals surface area contributed by atoms with Gasteiger partial charge in [0.05, 0.1) is 24.0 Å². The van der Waals surface area contributed by atoms with Gasteiger partial charge in [0.15, 0.2) is 0 Å². The second kappa shape index (κ2) is 7.82. The minimum absolute atomic E-state index is 0.0333. The van der Waals surface area contributed by atoms with Crippen LogP contribution in [0.25, 0.3) is 6.08 Å². The van der Waals surface area contributed by atoms with Crippen molar-refractivity contribution in [2.24, 2.45) is 11.8 Å². The Hall–Kier alpha value is -2.18. The summed E-state index contributed by atoms with van der Waals surface area (Å²) < 4.78 is 5.74. The summed E-state index contributed by atoms with van der Waals surface area (Å²) in [4.78, 5) is 28.7.